The molecule has 1 rings (SSSR count). The monoisotopic (exact) mass is 256 g/mol. The fraction of sp³-hybridized carbons (Fsp3) is 1.00. The second kappa shape index (κ2) is 6.88. The highest BCUT2D eigenvalue weighted by Crippen LogP contribution is 2.28. The minimum Gasteiger partial charge on any atom is -0.393 e. The standard InChI is InChI=1S/C15H32N2O/c1-5-6-7-17-10-12(8-13(16)11-17)9-14(18)15(2,3)4/h12-14,18H,5-11,16H2,1-4H3. The van der Waals surface area contributed by atoms with Crippen molar-refractivity contribution in [3.63, 3.8) is 0 Å². The van der Waals surface area contributed by atoms with E-state index in [4.69, 9.17) is 5.73 Å². The maximum Gasteiger partial charge on any atom is 0.0591 e. The SMILES string of the molecule is CCCCN1CC(N)CC(CC(O)C(C)(C)C)C1. The highest BCUT2D eigenvalue weighted by atomic mass is 16.3. The van der Waals surface area contributed by atoms with Gasteiger partial charge in [-0.3, -0.25) is 0 Å². The lowest BCUT2D eigenvalue weighted by Gasteiger charge is -2.38. The van der Waals surface area contributed by atoms with Gasteiger partial charge in [0.2, 0.25) is 0 Å². The summed E-state index contributed by atoms with van der Waals surface area (Å²) in [5.74, 6) is 0.555. The Morgan fingerprint density at radius 3 is 2.56 bits per heavy atom. The maximum absolute atomic E-state index is 10.2. The summed E-state index contributed by atoms with van der Waals surface area (Å²) in [6.45, 7) is 11.8. The van der Waals surface area contributed by atoms with Gasteiger partial charge in [-0.15, -0.1) is 0 Å². The molecule has 0 aromatic rings. The smallest absolute Gasteiger partial charge is 0.0591 e. The summed E-state index contributed by atoms with van der Waals surface area (Å²) in [4.78, 5) is 2.48. The Balaban J connectivity index is 2.45. The molecule has 3 heteroatoms. The third-order valence-electron chi connectivity index (χ3n) is 4.03. The van der Waals surface area contributed by atoms with Crippen molar-refractivity contribution in [3.8, 4) is 0 Å². The number of rotatable bonds is 5. The first-order valence-corrected chi connectivity index (χ1v) is 7.49. The molecule has 0 bridgehead atoms. The highest BCUT2D eigenvalue weighted by molar-refractivity contribution is 4.85. The molecule has 18 heavy (non-hydrogen) atoms. The minimum atomic E-state index is -0.221. The number of nitrogens with two attached hydrogens (primary N) is 1. The van der Waals surface area contributed by atoms with E-state index >= 15 is 0 Å². The van der Waals surface area contributed by atoms with Crippen molar-refractivity contribution in [2.45, 2.75) is 65.5 Å². The Kier molecular flexibility index (Phi) is 6.09. The van der Waals surface area contributed by atoms with Gasteiger partial charge in [-0.05, 0) is 37.1 Å². The van der Waals surface area contributed by atoms with E-state index in [0.717, 1.165) is 32.5 Å². The molecule has 0 aliphatic carbocycles. The van der Waals surface area contributed by atoms with Gasteiger partial charge >= 0.3 is 0 Å². The van der Waals surface area contributed by atoms with Crippen LogP contribution in [0.1, 0.15) is 53.4 Å². The summed E-state index contributed by atoms with van der Waals surface area (Å²) in [5.41, 5.74) is 6.13. The van der Waals surface area contributed by atoms with E-state index < -0.39 is 0 Å². The van der Waals surface area contributed by atoms with Crippen molar-refractivity contribution in [2.75, 3.05) is 19.6 Å². The molecule has 3 unspecified atom stereocenters. The van der Waals surface area contributed by atoms with Crippen LogP contribution in [-0.4, -0.2) is 41.8 Å². The first kappa shape index (κ1) is 15.9. The van der Waals surface area contributed by atoms with E-state index in [2.05, 4.69) is 32.6 Å². The van der Waals surface area contributed by atoms with Crippen LogP contribution in [0, 0.1) is 11.3 Å². The number of aliphatic hydroxyl groups excluding tert-OH is 1. The largest absolute Gasteiger partial charge is 0.393 e. The Bertz CT molecular complexity index is 237. The van der Waals surface area contributed by atoms with E-state index in [1.165, 1.54) is 12.8 Å². The molecule has 1 aliphatic rings. The van der Waals surface area contributed by atoms with E-state index in [9.17, 15) is 5.11 Å². The van der Waals surface area contributed by atoms with Crippen LogP contribution in [0.25, 0.3) is 0 Å². The summed E-state index contributed by atoms with van der Waals surface area (Å²) in [7, 11) is 0. The Labute approximate surface area is 113 Å². The maximum atomic E-state index is 10.2. The number of piperidine rings is 1. The van der Waals surface area contributed by atoms with Crippen LogP contribution >= 0.6 is 0 Å². The zero-order valence-corrected chi connectivity index (χ0v) is 12.7. The average molecular weight is 256 g/mol. The van der Waals surface area contributed by atoms with Crippen LogP contribution < -0.4 is 5.73 Å². The molecule has 1 saturated heterocycles. The molecular formula is C15H32N2O. The molecule has 1 heterocycles. The lowest BCUT2D eigenvalue weighted by molar-refractivity contribution is 0.0241. The number of hydrogen-bond acceptors (Lipinski definition) is 3. The van der Waals surface area contributed by atoms with Crippen LogP contribution in [0.2, 0.25) is 0 Å². The van der Waals surface area contributed by atoms with Gasteiger partial charge in [-0.25, -0.2) is 0 Å². The normalized spacial score (nSPS) is 28.3. The van der Waals surface area contributed by atoms with Crippen molar-refractivity contribution < 1.29 is 5.11 Å². The molecule has 0 aromatic heterocycles. The van der Waals surface area contributed by atoms with E-state index in [1.54, 1.807) is 0 Å². The van der Waals surface area contributed by atoms with Crippen molar-refractivity contribution in [1.82, 2.24) is 4.90 Å². The predicted octanol–water partition coefficient (Wildman–Crippen LogP) is 2.23. The number of hydrogen-bond donors (Lipinski definition) is 2. The molecule has 0 saturated carbocycles. The lowest BCUT2D eigenvalue weighted by atomic mass is 9.80. The summed E-state index contributed by atoms with van der Waals surface area (Å²) in [6.07, 6.45) is 4.22. The average Bonchev–Trinajstić information content (AvgIpc) is 2.24. The van der Waals surface area contributed by atoms with Gasteiger partial charge in [0.05, 0.1) is 6.10 Å². The highest BCUT2D eigenvalue weighted by Gasteiger charge is 2.30. The fourth-order valence-corrected chi connectivity index (χ4v) is 2.75. The van der Waals surface area contributed by atoms with Crippen molar-refractivity contribution in [3.05, 3.63) is 0 Å². The van der Waals surface area contributed by atoms with E-state index in [-0.39, 0.29) is 17.6 Å². The minimum absolute atomic E-state index is 0.0181. The molecule has 1 aliphatic heterocycles. The Morgan fingerprint density at radius 1 is 1.33 bits per heavy atom. The summed E-state index contributed by atoms with van der Waals surface area (Å²) in [6, 6.07) is 0.285. The Morgan fingerprint density at radius 2 is 2.00 bits per heavy atom. The first-order valence-electron chi connectivity index (χ1n) is 7.49. The molecular weight excluding hydrogens is 224 g/mol. The van der Waals surface area contributed by atoms with Gasteiger partial charge in [0.15, 0.2) is 0 Å². The Hall–Kier alpha value is -0.120. The van der Waals surface area contributed by atoms with Crippen LogP contribution in [0.4, 0.5) is 0 Å². The van der Waals surface area contributed by atoms with Gasteiger partial charge in [0, 0.05) is 19.1 Å². The molecule has 0 aromatic carbocycles. The number of aliphatic hydroxyl groups is 1. The van der Waals surface area contributed by atoms with E-state index in [0.29, 0.717) is 5.92 Å². The zero-order chi connectivity index (χ0) is 13.8. The molecule has 0 amide bonds. The summed E-state index contributed by atoms with van der Waals surface area (Å²) >= 11 is 0. The van der Waals surface area contributed by atoms with E-state index in [1.807, 2.05) is 0 Å². The number of unbranched alkanes of at least 4 members (excludes halogenated alkanes) is 1. The molecule has 0 radical (unpaired) electrons. The van der Waals surface area contributed by atoms with Gasteiger partial charge < -0.3 is 15.7 Å². The number of nitrogens with zero attached hydrogens (tertiary/aromatic N) is 1. The van der Waals surface area contributed by atoms with Crippen molar-refractivity contribution in [2.24, 2.45) is 17.1 Å². The van der Waals surface area contributed by atoms with Crippen LogP contribution in [0.15, 0.2) is 0 Å². The third-order valence-corrected chi connectivity index (χ3v) is 4.03. The third kappa shape index (κ3) is 5.25. The second-order valence-corrected chi connectivity index (χ2v) is 7.09. The van der Waals surface area contributed by atoms with Crippen molar-refractivity contribution in [1.29, 1.82) is 0 Å². The van der Waals surface area contributed by atoms with Crippen LogP contribution in [0.3, 0.4) is 0 Å². The molecule has 3 atom stereocenters. The lowest BCUT2D eigenvalue weighted by Crippen LogP contribution is -2.48. The quantitative estimate of drug-likeness (QED) is 0.793. The topological polar surface area (TPSA) is 49.5 Å². The fourth-order valence-electron chi connectivity index (χ4n) is 2.75. The molecule has 3 nitrogen and oxygen atoms in total. The van der Waals surface area contributed by atoms with Crippen LogP contribution in [0.5, 0.6) is 0 Å². The second-order valence-electron chi connectivity index (χ2n) is 7.09. The molecule has 1 fully saturated rings. The van der Waals surface area contributed by atoms with Crippen molar-refractivity contribution >= 4 is 0 Å². The van der Waals surface area contributed by atoms with Crippen LogP contribution in [-0.2, 0) is 0 Å². The predicted molar refractivity (Wildman–Crippen MR) is 77.5 cm³/mol. The van der Waals surface area contributed by atoms with Gasteiger partial charge in [-0.2, -0.15) is 0 Å². The summed E-state index contributed by atoms with van der Waals surface area (Å²) in [5, 5.41) is 10.2. The molecule has 0 spiro atoms. The summed E-state index contributed by atoms with van der Waals surface area (Å²) < 4.78 is 0. The van der Waals surface area contributed by atoms with Gasteiger partial charge in [-0.1, -0.05) is 34.1 Å². The molecule has 3 N–H and O–H groups in total. The number of likely N-dealkylation sites (tertiary alicyclic amines) is 1. The zero-order valence-electron chi connectivity index (χ0n) is 12.7. The van der Waals surface area contributed by atoms with Gasteiger partial charge in [0.25, 0.3) is 0 Å². The first-order chi connectivity index (χ1) is 8.32. The molecule has 108 valence electrons. The van der Waals surface area contributed by atoms with Gasteiger partial charge in [0.1, 0.15) is 0 Å².